The molecule has 0 radical (unpaired) electrons. The van der Waals surface area contributed by atoms with Crippen LogP contribution < -0.4 is 14.8 Å². The maximum absolute atomic E-state index is 13.3. The molecule has 1 aliphatic rings. The first kappa shape index (κ1) is 30.2. The highest BCUT2D eigenvalue weighted by Crippen LogP contribution is 2.40. The maximum atomic E-state index is 13.3. The molecule has 2 aromatic carbocycles. The van der Waals surface area contributed by atoms with E-state index < -0.39 is 12.0 Å². The van der Waals surface area contributed by atoms with Crippen LogP contribution in [0.2, 0.25) is 0 Å². The summed E-state index contributed by atoms with van der Waals surface area (Å²) in [7, 11) is 1.61. The first-order valence-electron chi connectivity index (χ1n) is 13.9. The molecule has 9 heteroatoms. The summed E-state index contributed by atoms with van der Waals surface area (Å²) in [6.07, 6.45) is 3.72. The van der Waals surface area contributed by atoms with Crippen LogP contribution in [0.15, 0.2) is 71.5 Å². The zero-order chi connectivity index (χ0) is 29.6. The molecule has 1 aliphatic heterocycles. The minimum absolute atomic E-state index is 0.0930. The number of esters is 1. The molecule has 0 amide bonds. The summed E-state index contributed by atoms with van der Waals surface area (Å²) in [4.78, 5) is 17.9. The Morgan fingerprint density at radius 3 is 2.59 bits per heavy atom. The van der Waals surface area contributed by atoms with E-state index in [0.717, 1.165) is 29.7 Å². The number of rotatable bonds is 12. The van der Waals surface area contributed by atoms with E-state index >= 15 is 0 Å². The van der Waals surface area contributed by atoms with Crippen LogP contribution in [0, 0.1) is 0 Å². The Bertz CT molecular complexity index is 1410. The van der Waals surface area contributed by atoms with Gasteiger partial charge < -0.3 is 19.5 Å². The van der Waals surface area contributed by atoms with Crippen molar-refractivity contribution in [2.24, 2.45) is 0 Å². The number of fused-ring (bicyclic) bond motifs is 1. The Hall–Kier alpha value is -3.72. The number of allylic oxidation sites excluding steroid dienone is 1. The number of benzene rings is 2. The van der Waals surface area contributed by atoms with E-state index in [1.807, 2.05) is 25.1 Å². The normalized spacial score (nSPS) is 14.7. The lowest BCUT2D eigenvalue weighted by Gasteiger charge is -2.28. The van der Waals surface area contributed by atoms with Crippen molar-refractivity contribution >= 4 is 23.7 Å². The number of thioether (sulfide) groups is 1. The lowest BCUT2D eigenvalue weighted by molar-refractivity contribution is -0.138. The number of anilines is 1. The van der Waals surface area contributed by atoms with Crippen molar-refractivity contribution < 1.29 is 19.0 Å². The van der Waals surface area contributed by atoms with Gasteiger partial charge in [0.05, 0.1) is 12.7 Å². The van der Waals surface area contributed by atoms with E-state index in [1.165, 1.54) is 5.56 Å². The van der Waals surface area contributed by atoms with E-state index in [-0.39, 0.29) is 12.0 Å². The number of hydrogen-bond acceptors (Lipinski definition) is 8. The molecule has 4 rings (SSSR count). The minimum atomic E-state index is -0.565. The van der Waals surface area contributed by atoms with Crippen molar-refractivity contribution in [3.05, 3.63) is 83.1 Å². The Morgan fingerprint density at radius 1 is 1.17 bits per heavy atom. The second kappa shape index (κ2) is 13.3. The summed E-state index contributed by atoms with van der Waals surface area (Å²) >= 11 is 1.60. The van der Waals surface area contributed by atoms with Gasteiger partial charge in [0.1, 0.15) is 19.3 Å². The number of nitrogens with one attached hydrogen (secondary N) is 1. The molecule has 1 unspecified atom stereocenters. The van der Waals surface area contributed by atoms with E-state index in [2.05, 4.69) is 63.9 Å². The molecule has 2 heterocycles. The van der Waals surface area contributed by atoms with E-state index in [0.29, 0.717) is 40.5 Å². The van der Waals surface area contributed by atoms with Crippen LogP contribution in [0.25, 0.3) is 0 Å². The largest absolute Gasteiger partial charge is 0.493 e. The van der Waals surface area contributed by atoms with Gasteiger partial charge in [-0.3, -0.25) is 0 Å². The number of aromatic nitrogens is 3. The molecule has 0 aliphatic carbocycles. The van der Waals surface area contributed by atoms with Crippen molar-refractivity contribution in [3.63, 3.8) is 0 Å². The fourth-order valence-electron chi connectivity index (χ4n) is 4.52. The number of unbranched alkanes of at least 4 members (excludes halogenated alkanes) is 1. The Balaban J connectivity index is 1.64. The third-order valence-corrected chi connectivity index (χ3v) is 7.76. The SMILES string of the molecule is C=CCOC(=O)C1=C(C)Nc2nc(SCCCC)nn2C1c1ccc(OCc2ccc(C(C)(C)C)cc2)c(OC)c1. The number of nitrogens with zero attached hydrogens (tertiary/aromatic N) is 3. The second-order valence-corrected chi connectivity index (χ2v) is 12.0. The van der Waals surface area contributed by atoms with Gasteiger partial charge >= 0.3 is 5.97 Å². The standard InChI is InChI=1S/C32H40N4O4S/c1-8-10-18-41-31-34-30-33-21(3)27(29(37)39-17-9-2)28(36(30)35-31)23-13-16-25(26(19-23)38-7)40-20-22-11-14-24(15-12-22)32(4,5)6/h9,11-16,19,28H,2,8,10,17-18,20H2,1,3-7H3,(H,33,34,35). The molecule has 1 aromatic heterocycles. The van der Waals surface area contributed by atoms with Crippen molar-refractivity contribution in [1.82, 2.24) is 14.8 Å². The molecule has 1 atom stereocenters. The molecule has 0 bridgehead atoms. The summed E-state index contributed by atoms with van der Waals surface area (Å²) < 4.78 is 19.1. The van der Waals surface area contributed by atoms with Crippen LogP contribution in [0.4, 0.5) is 5.95 Å². The molecule has 3 aromatic rings. The topological polar surface area (TPSA) is 87.5 Å². The fraction of sp³-hybridized carbons (Fsp3) is 0.406. The minimum Gasteiger partial charge on any atom is -0.493 e. The number of ether oxygens (including phenoxy) is 3. The number of hydrogen-bond donors (Lipinski definition) is 1. The molecule has 0 fully saturated rings. The predicted molar refractivity (Wildman–Crippen MR) is 164 cm³/mol. The number of methoxy groups -OCH3 is 1. The molecular formula is C32H40N4O4S. The highest BCUT2D eigenvalue weighted by molar-refractivity contribution is 7.99. The number of carbonyl (C=O) groups excluding carboxylic acids is 1. The van der Waals surface area contributed by atoms with Crippen LogP contribution in [-0.4, -0.2) is 40.2 Å². The zero-order valence-corrected chi connectivity index (χ0v) is 25.6. The van der Waals surface area contributed by atoms with Crippen molar-refractivity contribution in [2.75, 3.05) is 24.8 Å². The number of carbonyl (C=O) groups is 1. The van der Waals surface area contributed by atoms with Gasteiger partial charge in [0, 0.05) is 11.4 Å². The van der Waals surface area contributed by atoms with Crippen molar-refractivity contribution in [1.29, 1.82) is 0 Å². The second-order valence-electron chi connectivity index (χ2n) is 11.0. The first-order chi connectivity index (χ1) is 19.7. The molecular weight excluding hydrogens is 536 g/mol. The van der Waals surface area contributed by atoms with Gasteiger partial charge in [-0.25, -0.2) is 9.48 Å². The van der Waals surface area contributed by atoms with E-state index in [9.17, 15) is 4.79 Å². The van der Waals surface area contributed by atoms with Gasteiger partial charge in [-0.15, -0.1) is 5.10 Å². The van der Waals surface area contributed by atoms with Crippen molar-refractivity contribution in [2.45, 2.75) is 70.7 Å². The highest BCUT2D eigenvalue weighted by Gasteiger charge is 2.35. The molecule has 1 N–H and O–H groups in total. The molecule has 0 saturated heterocycles. The summed E-state index contributed by atoms with van der Waals surface area (Å²) in [6.45, 7) is 14.8. The summed E-state index contributed by atoms with van der Waals surface area (Å²) in [5.41, 5.74) is 4.34. The van der Waals surface area contributed by atoms with Gasteiger partial charge in [0.2, 0.25) is 11.1 Å². The molecule has 0 saturated carbocycles. The average Bonchev–Trinajstić information content (AvgIpc) is 3.36. The summed E-state index contributed by atoms with van der Waals surface area (Å²) in [6, 6.07) is 13.6. The molecule has 41 heavy (non-hydrogen) atoms. The van der Waals surface area contributed by atoms with Crippen LogP contribution in [0.1, 0.15) is 70.2 Å². The zero-order valence-electron chi connectivity index (χ0n) is 24.8. The molecule has 0 spiro atoms. The van der Waals surface area contributed by atoms with Crippen LogP contribution in [0.3, 0.4) is 0 Å². The monoisotopic (exact) mass is 576 g/mol. The Morgan fingerprint density at radius 2 is 1.93 bits per heavy atom. The fourth-order valence-corrected chi connectivity index (χ4v) is 5.43. The van der Waals surface area contributed by atoms with Crippen LogP contribution >= 0.6 is 11.8 Å². The summed E-state index contributed by atoms with van der Waals surface area (Å²) in [5, 5.41) is 8.68. The Kier molecular flexibility index (Phi) is 9.81. The average molecular weight is 577 g/mol. The van der Waals surface area contributed by atoms with Gasteiger partial charge in [-0.2, -0.15) is 4.98 Å². The van der Waals surface area contributed by atoms with E-state index in [1.54, 1.807) is 29.6 Å². The van der Waals surface area contributed by atoms with Gasteiger partial charge in [-0.05, 0) is 47.6 Å². The third-order valence-electron chi connectivity index (χ3n) is 6.83. The smallest absolute Gasteiger partial charge is 0.338 e. The predicted octanol–water partition coefficient (Wildman–Crippen LogP) is 7.07. The first-order valence-corrected chi connectivity index (χ1v) is 14.9. The lowest BCUT2D eigenvalue weighted by atomic mass is 9.87. The highest BCUT2D eigenvalue weighted by atomic mass is 32.2. The molecule has 8 nitrogen and oxygen atoms in total. The Labute approximate surface area is 247 Å². The lowest BCUT2D eigenvalue weighted by Crippen LogP contribution is -2.29. The molecule has 218 valence electrons. The van der Waals surface area contributed by atoms with Gasteiger partial charge in [-0.1, -0.05) is 88.9 Å². The third kappa shape index (κ3) is 7.14. The van der Waals surface area contributed by atoms with Gasteiger partial charge in [0.25, 0.3) is 0 Å². The summed E-state index contributed by atoms with van der Waals surface area (Å²) in [5.74, 6) is 2.22. The quantitative estimate of drug-likeness (QED) is 0.106. The maximum Gasteiger partial charge on any atom is 0.338 e. The van der Waals surface area contributed by atoms with Gasteiger partial charge in [0.15, 0.2) is 11.5 Å². The van der Waals surface area contributed by atoms with E-state index in [4.69, 9.17) is 24.3 Å². The van der Waals surface area contributed by atoms with Crippen LogP contribution in [-0.2, 0) is 21.6 Å². The van der Waals surface area contributed by atoms with Crippen molar-refractivity contribution in [3.8, 4) is 11.5 Å². The van der Waals surface area contributed by atoms with Crippen LogP contribution in [0.5, 0.6) is 11.5 Å².